The van der Waals surface area contributed by atoms with Crippen molar-refractivity contribution < 1.29 is 64.6 Å². The third-order valence-electron chi connectivity index (χ3n) is 18.6. The quantitative estimate of drug-likeness (QED) is 0.0204. The molecule has 2 aliphatic rings. The maximum atomic E-state index is 13.4. The molecule has 524 valence electrons. The Hall–Kier alpha value is -1.79. The minimum atomic E-state index is -1.78. The Labute approximate surface area is 544 Å². The van der Waals surface area contributed by atoms with Crippen molar-refractivity contribution in [3.8, 4) is 0 Å². The molecule has 0 aromatic rings. The first-order chi connectivity index (χ1) is 43.6. The fraction of sp³-hybridized carbons (Fsp3) is 0.907. The molecule has 2 rings (SSSR count). The lowest BCUT2D eigenvalue weighted by atomic mass is 9.97. The number of rotatable bonds is 63. The molecule has 2 saturated heterocycles. The molecule has 1 amide bonds. The number of ether oxygens (including phenoxy) is 4. The van der Waals surface area contributed by atoms with Gasteiger partial charge >= 0.3 is 0 Å². The first-order valence-electron chi connectivity index (χ1n) is 37.7. The lowest BCUT2D eigenvalue weighted by Gasteiger charge is -2.46. The van der Waals surface area contributed by atoms with Crippen molar-refractivity contribution in [2.75, 3.05) is 19.8 Å². The number of nitrogens with one attached hydrogen (secondary N) is 1. The molecule has 0 bridgehead atoms. The molecular weight excluding hydrogens is 1120 g/mol. The molecule has 0 saturated carbocycles. The van der Waals surface area contributed by atoms with Crippen molar-refractivity contribution >= 4 is 5.91 Å². The van der Waals surface area contributed by atoms with E-state index in [1.54, 1.807) is 0 Å². The zero-order chi connectivity index (χ0) is 64.5. The van der Waals surface area contributed by atoms with Crippen LogP contribution < -0.4 is 5.32 Å². The summed E-state index contributed by atoms with van der Waals surface area (Å²) >= 11 is 0. The molecule has 0 spiro atoms. The van der Waals surface area contributed by atoms with E-state index in [-0.39, 0.29) is 12.5 Å². The number of hydrogen-bond acceptors (Lipinski definition) is 13. The Morgan fingerprint density at radius 2 is 0.742 bits per heavy atom. The van der Waals surface area contributed by atoms with E-state index in [4.69, 9.17) is 18.9 Å². The van der Waals surface area contributed by atoms with Crippen LogP contribution >= 0.6 is 0 Å². The zero-order valence-corrected chi connectivity index (χ0v) is 57.2. The monoisotopic (exact) mass is 1260 g/mol. The van der Waals surface area contributed by atoms with Gasteiger partial charge in [-0.05, 0) is 51.4 Å². The largest absolute Gasteiger partial charge is 0.394 e. The summed E-state index contributed by atoms with van der Waals surface area (Å²) in [6, 6.07) is -0.827. The summed E-state index contributed by atoms with van der Waals surface area (Å²) in [6.45, 7) is 2.89. The van der Waals surface area contributed by atoms with Gasteiger partial charge < -0.3 is 65.1 Å². The lowest BCUT2D eigenvalue weighted by molar-refractivity contribution is -0.359. The van der Waals surface area contributed by atoms with Crippen LogP contribution in [0.15, 0.2) is 36.5 Å². The molecule has 2 fully saturated rings. The molecule has 0 aromatic carbocycles. The second-order valence-electron chi connectivity index (χ2n) is 26.8. The van der Waals surface area contributed by atoms with Gasteiger partial charge in [-0.15, -0.1) is 0 Å². The number of aliphatic hydroxyl groups is 8. The number of unbranched alkanes of at least 4 members (excludes halogenated alkanes) is 44. The molecule has 89 heavy (non-hydrogen) atoms. The van der Waals surface area contributed by atoms with Gasteiger partial charge in [0.25, 0.3) is 0 Å². The third-order valence-corrected chi connectivity index (χ3v) is 18.6. The van der Waals surface area contributed by atoms with Crippen molar-refractivity contribution in [2.24, 2.45) is 0 Å². The Balaban J connectivity index is 1.55. The normalized spacial score (nSPS) is 23.2. The van der Waals surface area contributed by atoms with Crippen molar-refractivity contribution in [3.05, 3.63) is 36.5 Å². The van der Waals surface area contributed by atoms with E-state index in [2.05, 4.69) is 55.6 Å². The highest BCUT2D eigenvalue weighted by Gasteiger charge is 2.51. The van der Waals surface area contributed by atoms with Gasteiger partial charge in [0.2, 0.25) is 5.91 Å². The van der Waals surface area contributed by atoms with Gasteiger partial charge in [0.05, 0.1) is 32.0 Å². The van der Waals surface area contributed by atoms with E-state index >= 15 is 0 Å². The van der Waals surface area contributed by atoms with Crippen molar-refractivity contribution in [3.63, 3.8) is 0 Å². The predicted octanol–water partition coefficient (Wildman–Crippen LogP) is 16.1. The van der Waals surface area contributed by atoms with Crippen molar-refractivity contribution in [1.29, 1.82) is 0 Å². The lowest BCUT2D eigenvalue weighted by Crippen LogP contribution is -2.65. The highest BCUT2D eigenvalue weighted by molar-refractivity contribution is 5.76. The van der Waals surface area contributed by atoms with Crippen LogP contribution in [0.1, 0.15) is 341 Å². The molecule has 14 heteroatoms. The van der Waals surface area contributed by atoms with Crippen LogP contribution in [-0.2, 0) is 23.7 Å². The third kappa shape index (κ3) is 43.7. The Morgan fingerprint density at radius 3 is 1.13 bits per heavy atom. The van der Waals surface area contributed by atoms with E-state index in [0.29, 0.717) is 12.8 Å². The number of aliphatic hydroxyl groups excluding tert-OH is 8. The van der Waals surface area contributed by atoms with Gasteiger partial charge in [-0.3, -0.25) is 4.79 Å². The smallest absolute Gasteiger partial charge is 0.220 e. The van der Waals surface area contributed by atoms with Crippen LogP contribution in [0.2, 0.25) is 0 Å². The summed E-state index contributed by atoms with van der Waals surface area (Å²) in [7, 11) is 0. The molecule has 0 aliphatic carbocycles. The molecule has 14 nitrogen and oxygen atoms in total. The second kappa shape index (κ2) is 59.9. The molecule has 12 atom stereocenters. The molecule has 0 aromatic heterocycles. The zero-order valence-electron chi connectivity index (χ0n) is 57.2. The van der Waals surface area contributed by atoms with Gasteiger partial charge in [0, 0.05) is 6.42 Å². The molecule has 0 radical (unpaired) electrons. The summed E-state index contributed by atoms with van der Waals surface area (Å²) in [5.41, 5.74) is 0. The van der Waals surface area contributed by atoms with E-state index < -0.39 is 86.8 Å². The van der Waals surface area contributed by atoms with Gasteiger partial charge in [0.15, 0.2) is 12.6 Å². The minimum Gasteiger partial charge on any atom is -0.394 e. The average molecular weight is 1260 g/mol. The number of allylic oxidation sites excluding steroid dienone is 6. The maximum absolute atomic E-state index is 13.4. The number of carbonyl (C=O) groups is 1. The number of carbonyl (C=O) groups excluding carboxylic acids is 1. The van der Waals surface area contributed by atoms with Crippen LogP contribution in [0.25, 0.3) is 0 Å². The second-order valence-corrected chi connectivity index (χ2v) is 26.8. The van der Waals surface area contributed by atoms with E-state index in [9.17, 15) is 45.6 Å². The molecule has 2 heterocycles. The van der Waals surface area contributed by atoms with Gasteiger partial charge in [0.1, 0.15) is 48.8 Å². The predicted molar refractivity (Wildman–Crippen MR) is 365 cm³/mol. The first kappa shape index (κ1) is 83.3. The standard InChI is InChI=1S/C75H141NO13/c1-3-5-7-9-11-13-15-17-19-21-22-23-24-25-26-27-28-29-30-31-32-33-34-35-36-37-38-39-40-41-42-43-45-47-49-51-53-55-57-59-67(80)76-63(64(79)58-56-54-52-50-48-46-44-20-18-16-14-12-10-8-6-4-2)62-86-74-72(85)70(83)73(66(61-78)88-74)89-75-71(84)69(82)68(81)65(60-77)87-75/h15,17,21-22,24-25,63-66,68-75,77-79,81-85H,3-14,16,18-20,23,26-62H2,1-2H3,(H,76,80)/b17-15-,22-21-,25-24-. The Kier molecular flexibility index (Phi) is 56.1. The highest BCUT2D eigenvalue weighted by atomic mass is 16.7. The van der Waals surface area contributed by atoms with E-state index in [1.807, 2.05) is 0 Å². The van der Waals surface area contributed by atoms with Crippen LogP contribution in [0, 0.1) is 0 Å². The molecular formula is C75H141NO13. The molecule has 9 N–H and O–H groups in total. The number of hydrogen-bond donors (Lipinski definition) is 9. The topological polar surface area (TPSA) is 228 Å². The first-order valence-corrected chi connectivity index (χ1v) is 37.7. The summed E-state index contributed by atoms with van der Waals surface area (Å²) in [4.78, 5) is 13.4. The minimum absolute atomic E-state index is 0.200. The summed E-state index contributed by atoms with van der Waals surface area (Å²) < 4.78 is 22.9. The van der Waals surface area contributed by atoms with Crippen LogP contribution in [0.3, 0.4) is 0 Å². The van der Waals surface area contributed by atoms with Gasteiger partial charge in [-0.2, -0.15) is 0 Å². The van der Waals surface area contributed by atoms with Crippen molar-refractivity contribution in [1.82, 2.24) is 5.32 Å². The van der Waals surface area contributed by atoms with Crippen molar-refractivity contribution in [2.45, 2.75) is 415 Å². The Bertz CT molecular complexity index is 1630. The fourth-order valence-corrected chi connectivity index (χ4v) is 12.6. The summed E-state index contributed by atoms with van der Waals surface area (Å²) in [5.74, 6) is -0.200. The van der Waals surface area contributed by atoms with E-state index in [1.165, 1.54) is 250 Å². The maximum Gasteiger partial charge on any atom is 0.220 e. The van der Waals surface area contributed by atoms with Crippen LogP contribution in [-0.4, -0.2) is 140 Å². The number of amides is 1. The summed E-state index contributed by atoms with van der Waals surface area (Å²) in [5, 5.41) is 87.6. The van der Waals surface area contributed by atoms with Crippen LogP contribution in [0.4, 0.5) is 0 Å². The SMILES string of the molecule is CCCCCCC/C=C\C/C=C\C/C=C\CCCCCCCCCCCCCCCCCCCCCCCCCCC(=O)NC(COC1OC(CO)C(OC2OC(CO)C(O)C(O)C2O)C(O)C1O)C(O)CCCCCCCCCCCCCCCCCC. The molecule has 12 unspecified atom stereocenters. The fourth-order valence-electron chi connectivity index (χ4n) is 12.6. The van der Waals surface area contributed by atoms with E-state index in [0.717, 1.165) is 64.2 Å². The summed E-state index contributed by atoms with van der Waals surface area (Å²) in [6.07, 6.45) is 60.4. The van der Waals surface area contributed by atoms with Crippen LogP contribution in [0.5, 0.6) is 0 Å². The molecule has 2 aliphatic heterocycles. The Morgan fingerprint density at radius 1 is 0.404 bits per heavy atom. The van der Waals surface area contributed by atoms with Gasteiger partial charge in [-0.1, -0.05) is 320 Å². The average Bonchev–Trinajstić information content (AvgIpc) is 2.55. The van der Waals surface area contributed by atoms with Gasteiger partial charge in [-0.25, -0.2) is 0 Å². The highest BCUT2D eigenvalue weighted by Crippen LogP contribution is 2.30.